The molecular formula is C21H29Cl2NO2. The molecule has 2 aliphatic rings. The second-order valence-corrected chi connectivity index (χ2v) is 9.57. The van der Waals surface area contributed by atoms with E-state index in [2.05, 4.69) is 6.07 Å². The lowest BCUT2D eigenvalue weighted by atomic mass is 9.62. The van der Waals surface area contributed by atoms with Crippen LogP contribution in [0.4, 0.5) is 4.79 Å². The smallest absolute Gasteiger partial charge is 0.410 e. The summed E-state index contributed by atoms with van der Waals surface area (Å²) < 4.78 is 5.58. The fraction of sp³-hybridized carbons (Fsp3) is 0.667. The maximum Gasteiger partial charge on any atom is 0.410 e. The van der Waals surface area contributed by atoms with Crippen molar-refractivity contribution in [3.63, 3.8) is 0 Å². The van der Waals surface area contributed by atoms with Gasteiger partial charge in [-0.1, -0.05) is 48.5 Å². The van der Waals surface area contributed by atoms with Crippen molar-refractivity contribution < 1.29 is 9.53 Å². The second-order valence-electron chi connectivity index (χ2n) is 8.76. The van der Waals surface area contributed by atoms with Gasteiger partial charge in [0.05, 0.1) is 10.0 Å². The molecule has 1 unspecified atom stereocenters. The van der Waals surface area contributed by atoms with Crippen LogP contribution in [0.1, 0.15) is 64.9 Å². The van der Waals surface area contributed by atoms with Crippen LogP contribution >= 0.6 is 23.2 Å². The molecule has 0 N–H and O–H groups in total. The molecule has 0 radical (unpaired) electrons. The Labute approximate surface area is 167 Å². The summed E-state index contributed by atoms with van der Waals surface area (Å²) in [6.07, 6.45) is 6.85. The number of benzene rings is 1. The summed E-state index contributed by atoms with van der Waals surface area (Å²) in [4.78, 5) is 14.4. The first-order valence-electron chi connectivity index (χ1n) is 9.65. The van der Waals surface area contributed by atoms with Crippen molar-refractivity contribution in [1.82, 2.24) is 4.90 Å². The Morgan fingerprint density at radius 1 is 1.15 bits per heavy atom. The first-order chi connectivity index (χ1) is 12.2. The molecule has 3 rings (SSSR count). The van der Waals surface area contributed by atoms with Gasteiger partial charge in [-0.3, -0.25) is 0 Å². The molecule has 2 fully saturated rings. The summed E-state index contributed by atoms with van der Waals surface area (Å²) >= 11 is 12.5. The van der Waals surface area contributed by atoms with Gasteiger partial charge in [0.2, 0.25) is 0 Å². The van der Waals surface area contributed by atoms with E-state index in [1.807, 2.05) is 37.8 Å². The van der Waals surface area contributed by atoms with E-state index in [-0.39, 0.29) is 11.5 Å². The molecule has 144 valence electrons. The molecule has 1 aliphatic heterocycles. The second kappa shape index (κ2) is 7.59. The Morgan fingerprint density at radius 3 is 2.46 bits per heavy atom. The van der Waals surface area contributed by atoms with Crippen molar-refractivity contribution in [3.8, 4) is 0 Å². The molecule has 1 aromatic rings. The highest BCUT2D eigenvalue weighted by atomic mass is 35.5. The quantitative estimate of drug-likeness (QED) is 0.573. The van der Waals surface area contributed by atoms with Gasteiger partial charge >= 0.3 is 6.09 Å². The summed E-state index contributed by atoms with van der Waals surface area (Å²) in [5.74, 6) is 0.438. The minimum atomic E-state index is -0.457. The van der Waals surface area contributed by atoms with E-state index in [9.17, 15) is 4.79 Å². The zero-order valence-electron chi connectivity index (χ0n) is 16.0. The number of ether oxygens (including phenoxy) is 1. The van der Waals surface area contributed by atoms with Crippen molar-refractivity contribution in [3.05, 3.63) is 33.8 Å². The van der Waals surface area contributed by atoms with Gasteiger partial charge in [0, 0.05) is 13.1 Å². The summed E-state index contributed by atoms with van der Waals surface area (Å²) in [7, 11) is 0. The standard InChI is InChI=1S/C21H29Cl2NO2/c1-20(2,3)26-19(25)24-12-9-16(14-24)21(10-5-4-6-11-21)15-7-8-17(22)18(23)13-15/h7-8,13,16H,4-6,9-12,14H2,1-3H3. The van der Waals surface area contributed by atoms with Crippen molar-refractivity contribution >= 4 is 29.3 Å². The van der Waals surface area contributed by atoms with Crippen LogP contribution in [-0.2, 0) is 10.2 Å². The molecule has 0 bridgehead atoms. The fourth-order valence-electron chi connectivity index (χ4n) is 4.62. The molecule has 0 aromatic heterocycles. The number of carbonyl (C=O) groups is 1. The molecule has 1 aromatic carbocycles. The Bertz CT molecular complexity index is 662. The number of carbonyl (C=O) groups excluding carboxylic acids is 1. The van der Waals surface area contributed by atoms with Gasteiger partial charge in [-0.15, -0.1) is 0 Å². The molecular weight excluding hydrogens is 369 g/mol. The molecule has 1 heterocycles. The van der Waals surface area contributed by atoms with E-state index >= 15 is 0 Å². The molecule has 5 heteroatoms. The molecule has 1 saturated heterocycles. The molecule has 1 amide bonds. The van der Waals surface area contributed by atoms with Gasteiger partial charge in [0.25, 0.3) is 0 Å². The van der Waals surface area contributed by atoms with Crippen LogP contribution in [0.2, 0.25) is 10.0 Å². The SMILES string of the molecule is CC(C)(C)OC(=O)N1CCC(C2(c3ccc(Cl)c(Cl)c3)CCCCC2)C1. The number of hydrogen-bond donors (Lipinski definition) is 0. The highest BCUT2D eigenvalue weighted by Gasteiger charge is 2.45. The topological polar surface area (TPSA) is 29.5 Å². The van der Waals surface area contributed by atoms with E-state index in [0.717, 1.165) is 32.4 Å². The van der Waals surface area contributed by atoms with Crippen molar-refractivity contribution in [1.29, 1.82) is 0 Å². The molecule has 0 spiro atoms. The number of likely N-dealkylation sites (tertiary alicyclic amines) is 1. The van der Waals surface area contributed by atoms with Gasteiger partial charge in [0.15, 0.2) is 0 Å². The first kappa shape index (κ1) is 19.8. The maximum absolute atomic E-state index is 12.5. The van der Waals surface area contributed by atoms with Gasteiger partial charge in [-0.05, 0) is 69.1 Å². The molecule has 26 heavy (non-hydrogen) atoms. The average molecular weight is 398 g/mol. The molecule has 3 nitrogen and oxygen atoms in total. The number of hydrogen-bond acceptors (Lipinski definition) is 2. The highest BCUT2D eigenvalue weighted by Crippen LogP contribution is 2.49. The Morgan fingerprint density at radius 2 is 1.85 bits per heavy atom. The lowest BCUT2D eigenvalue weighted by Crippen LogP contribution is -2.41. The van der Waals surface area contributed by atoms with Gasteiger partial charge in [-0.2, -0.15) is 0 Å². The number of nitrogens with zero attached hydrogens (tertiary/aromatic N) is 1. The van der Waals surface area contributed by atoms with Crippen molar-refractivity contribution in [2.24, 2.45) is 5.92 Å². The normalized spacial score (nSPS) is 23.1. The first-order valence-corrected chi connectivity index (χ1v) is 10.4. The van der Waals surface area contributed by atoms with E-state index in [1.165, 1.54) is 24.8 Å². The lowest BCUT2D eigenvalue weighted by molar-refractivity contribution is 0.0277. The zero-order valence-corrected chi connectivity index (χ0v) is 17.5. The van der Waals surface area contributed by atoms with Crippen LogP contribution in [0.15, 0.2) is 18.2 Å². The zero-order chi connectivity index (χ0) is 18.9. The molecule has 1 saturated carbocycles. The number of amides is 1. The maximum atomic E-state index is 12.5. The van der Waals surface area contributed by atoms with E-state index in [4.69, 9.17) is 27.9 Å². The van der Waals surface area contributed by atoms with E-state index < -0.39 is 5.60 Å². The summed E-state index contributed by atoms with van der Waals surface area (Å²) in [5, 5.41) is 1.22. The van der Waals surface area contributed by atoms with Crippen LogP contribution in [0, 0.1) is 5.92 Å². The lowest BCUT2D eigenvalue weighted by Gasteiger charge is -2.43. The van der Waals surface area contributed by atoms with Crippen LogP contribution in [0.5, 0.6) is 0 Å². The number of halogens is 2. The largest absolute Gasteiger partial charge is 0.444 e. The summed E-state index contributed by atoms with van der Waals surface area (Å²) in [6.45, 7) is 7.27. The molecule has 1 atom stereocenters. The van der Waals surface area contributed by atoms with Crippen LogP contribution in [0.3, 0.4) is 0 Å². The minimum Gasteiger partial charge on any atom is -0.444 e. The third-order valence-electron chi connectivity index (χ3n) is 5.86. The Hall–Kier alpha value is -0.930. The van der Waals surface area contributed by atoms with Crippen LogP contribution in [0.25, 0.3) is 0 Å². The predicted molar refractivity (Wildman–Crippen MR) is 107 cm³/mol. The summed E-state index contributed by atoms with van der Waals surface area (Å²) in [6, 6.07) is 6.09. The van der Waals surface area contributed by atoms with Crippen molar-refractivity contribution in [2.45, 2.75) is 70.3 Å². The Balaban J connectivity index is 1.83. The fourth-order valence-corrected chi connectivity index (χ4v) is 4.92. The highest BCUT2D eigenvalue weighted by molar-refractivity contribution is 6.42. The predicted octanol–water partition coefficient (Wildman–Crippen LogP) is 6.45. The van der Waals surface area contributed by atoms with Crippen LogP contribution in [-0.4, -0.2) is 29.7 Å². The van der Waals surface area contributed by atoms with E-state index in [1.54, 1.807) is 0 Å². The summed E-state index contributed by atoms with van der Waals surface area (Å²) in [5.41, 5.74) is 0.910. The average Bonchev–Trinajstić information content (AvgIpc) is 3.07. The van der Waals surface area contributed by atoms with Crippen LogP contribution < -0.4 is 0 Å². The monoisotopic (exact) mass is 397 g/mol. The van der Waals surface area contributed by atoms with Crippen molar-refractivity contribution in [2.75, 3.05) is 13.1 Å². The van der Waals surface area contributed by atoms with E-state index in [0.29, 0.717) is 16.0 Å². The van der Waals surface area contributed by atoms with Gasteiger partial charge in [-0.25, -0.2) is 4.79 Å². The number of rotatable bonds is 2. The third-order valence-corrected chi connectivity index (χ3v) is 6.60. The van der Waals surface area contributed by atoms with Gasteiger partial charge < -0.3 is 9.64 Å². The Kier molecular flexibility index (Phi) is 5.79. The van der Waals surface area contributed by atoms with Gasteiger partial charge in [0.1, 0.15) is 5.60 Å². The molecule has 1 aliphatic carbocycles. The minimum absolute atomic E-state index is 0.0865. The third kappa shape index (κ3) is 4.14.